The van der Waals surface area contributed by atoms with Gasteiger partial charge >= 0.3 is 0 Å². The van der Waals surface area contributed by atoms with Gasteiger partial charge in [0.25, 0.3) is 5.91 Å². The van der Waals surface area contributed by atoms with Crippen LogP contribution in [0.3, 0.4) is 0 Å². The highest BCUT2D eigenvalue weighted by molar-refractivity contribution is 5.94. The average molecular weight is 234 g/mol. The van der Waals surface area contributed by atoms with Gasteiger partial charge in [-0.05, 0) is 6.92 Å². The Labute approximate surface area is 98.5 Å². The van der Waals surface area contributed by atoms with Crippen molar-refractivity contribution in [3.05, 3.63) is 29.6 Å². The summed E-state index contributed by atoms with van der Waals surface area (Å²) in [5, 5.41) is 10.6. The van der Waals surface area contributed by atoms with Gasteiger partial charge < -0.3 is 4.90 Å². The SMILES string of the molecule is Cc1nn(C)cc1C(=O)N(C)Cc1ncn[nH]1. The second-order valence-corrected chi connectivity index (χ2v) is 3.90. The van der Waals surface area contributed by atoms with Crippen LogP contribution in [0.1, 0.15) is 21.9 Å². The van der Waals surface area contributed by atoms with Crippen LogP contribution < -0.4 is 0 Å². The second kappa shape index (κ2) is 4.36. The Bertz CT molecular complexity index is 515. The Morgan fingerprint density at radius 2 is 2.35 bits per heavy atom. The maximum atomic E-state index is 12.1. The molecule has 0 aliphatic heterocycles. The van der Waals surface area contributed by atoms with E-state index in [-0.39, 0.29) is 5.91 Å². The summed E-state index contributed by atoms with van der Waals surface area (Å²) in [6.07, 6.45) is 3.14. The Balaban J connectivity index is 2.12. The molecule has 2 aromatic heterocycles. The number of rotatable bonds is 3. The van der Waals surface area contributed by atoms with Gasteiger partial charge in [0, 0.05) is 20.3 Å². The number of aryl methyl sites for hydroxylation is 2. The molecule has 7 nitrogen and oxygen atoms in total. The molecule has 90 valence electrons. The zero-order chi connectivity index (χ0) is 12.4. The molecule has 2 rings (SSSR count). The Morgan fingerprint density at radius 1 is 1.59 bits per heavy atom. The summed E-state index contributed by atoms with van der Waals surface area (Å²) in [5.74, 6) is 0.578. The van der Waals surface area contributed by atoms with Crippen molar-refractivity contribution in [2.24, 2.45) is 7.05 Å². The number of amides is 1. The molecule has 2 aromatic rings. The number of carbonyl (C=O) groups excluding carboxylic acids is 1. The number of hydrogen-bond acceptors (Lipinski definition) is 4. The van der Waals surface area contributed by atoms with Crippen molar-refractivity contribution in [3.63, 3.8) is 0 Å². The first-order valence-electron chi connectivity index (χ1n) is 5.18. The molecule has 1 N–H and O–H groups in total. The lowest BCUT2D eigenvalue weighted by Crippen LogP contribution is -2.27. The van der Waals surface area contributed by atoms with Gasteiger partial charge in [-0.25, -0.2) is 4.98 Å². The van der Waals surface area contributed by atoms with Gasteiger partial charge in [-0.3, -0.25) is 14.6 Å². The molecule has 0 aliphatic carbocycles. The lowest BCUT2D eigenvalue weighted by atomic mass is 10.2. The van der Waals surface area contributed by atoms with Gasteiger partial charge in [0.1, 0.15) is 12.2 Å². The van der Waals surface area contributed by atoms with E-state index >= 15 is 0 Å². The summed E-state index contributed by atoms with van der Waals surface area (Å²) in [6, 6.07) is 0. The second-order valence-electron chi connectivity index (χ2n) is 3.90. The number of nitrogens with one attached hydrogen (secondary N) is 1. The van der Waals surface area contributed by atoms with Crippen LogP contribution in [0, 0.1) is 6.92 Å². The van der Waals surface area contributed by atoms with E-state index in [0.29, 0.717) is 17.9 Å². The molecule has 0 aromatic carbocycles. The molecular weight excluding hydrogens is 220 g/mol. The first-order chi connectivity index (χ1) is 8.08. The number of aromatic amines is 1. The van der Waals surface area contributed by atoms with Crippen molar-refractivity contribution in [1.29, 1.82) is 0 Å². The van der Waals surface area contributed by atoms with E-state index < -0.39 is 0 Å². The predicted octanol–water partition coefficient (Wildman–Crippen LogP) is 0.119. The molecule has 0 unspecified atom stereocenters. The van der Waals surface area contributed by atoms with E-state index in [2.05, 4.69) is 20.3 Å². The number of nitrogens with zero attached hydrogens (tertiary/aromatic N) is 5. The number of hydrogen-bond donors (Lipinski definition) is 1. The Hall–Kier alpha value is -2.18. The highest BCUT2D eigenvalue weighted by Crippen LogP contribution is 2.09. The van der Waals surface area contributed by atoms with E-state index in [1.165, 1.54) is 6.33 Å². The van der Waals surface area contributed by atoms with E-state index in [0.717, 1.165) is 5.69 Å². The highest BCUT2D eigenvalue weighted by Gasteiger charge is 2.17. The van der Waals surface area contributed by atoms with Crippen LogP contribution >= 0.6 is 0 Å². The summed E-state index contributed by atoms with van der Waals surface area (Å²) in [5.41, 5.74) is 1.33. The Kier molecular flexibility index (Phi) is 2.90. The van der Waals surface area contributed by atoms with Crippen LogP contribution in [0.5, 0.6) is 0 Å². The molecule has 17 heavy (non-hydrogen) atoms. The summed E-state index contributed by atoms with van der Waals surface area (Å²) < 4.78 is 1.63. The number of H-pyrrole nitrogens is 1. The lowest BCUT2D eigenvalue weighted by molar-refractivity contribution is 0.0781. The number of aromatic nitrogens is 5. The third kappa shape index (κ3) is 2.32. The normalized spacial score (nSPS) is 10.5. The minimum absolute atomic E-state index is 0.0769. The summed E-state index contributed by atoms with van der Waals surface area (Å²) in [6.45, 7) is 2.21. The molecule has 0 spiro atoms. The molecule has 1 amide bonds. The summed E-state index contributed by atoms with van der Waals surface area (Å²) in [4.78, 5) is 17.7. The van der Waals surface area contributed by atoms with Gasteiger partial charge in [-0.15, -0.1) is 0 Å². The third-order valence-electron chi connectivity index (χ3n) is 2.44. The van der Waals surface area contributed by atoms with Crippen LogP contribution in [-0.4, -0.2) is 42.8 Å². The first-order valence-corrected chi connectivity index (χ1v) is 5.18. The van der Waals surface area contributed by atoms with Gasteiger partial charge in [0.15, 0.2) is 0 Å². The van der Waals surface area contributed by atoms with Crippen LogP contribution in [0.4, 0.5) is 0 Å². The van der Waals surface area contributed by atoms with E-state index in [1.54, 1.807) is 29.9 Å². The van der Waals surface area contributed by atoms with Gasteiger partial charge in [0.2, 0.25) is 0 Å². The summed E-state index contributed by atoms with van der Waals surface area (Å²) in [7, 11) is 3.51. The molecule has 0 aliphatic rings. The minimum Gasteiger partial charge on any atom is -0.334 e. The molecule has 0 bridgehead atoms. The van der Waals surface area contributed by atoms with Crippen LogP contribution in [0.25, 0.3) is 0 Å². The zero-order valence-electron chi connectivity index (χ0n) is 10.0. The fourth-order valence-corrected chi connectivity index (χ4v) is 1.62. The molecule has 7 heteroatoms. The van der Waals surface area contributed by atoms with Crippen LogP contribution in [0.15, 0.2) is 12.5 Å². The van der Waals surface area contributed by atoms with Gasteiger partial charge in [-0.1, -0.05) is 0 Å². The number of carbonyl (C=O) groups is 1. The molecule has 0 saturated carbocycles. The Morgan fingerprint density at radius 3 is 2.88 bits per heavy atom. The van der Waals surface area contributed by atoms with Crippen molar-refractivity contribution in [3.8, 4) is 0 Å². The molecule has 0 radical (unpaired) electrons. The smallest absolute Gasteiger partial charge is 0.257 e. The van der Waals surface area contributed by atoms with Crippen LogP contribution in [-0.2, 0) is 13.6 Å². The molecular formula is C10H14N6O. The molecule has 0 saturated heterocycles. The summed E-state index contributed by atoms with van der Waals surface area (Å²) >= 11 is 0. The standard InChI is InChI=1S/C10H14N6O/c1-7-8(4-16(3)14-7)10(17)15(2)5-9-11-6-12-13-9/h4,6H,5H2,1-3H3,(H,11,12,13). The molecule has 0 fully saturated rings. The maximum absolute atomic E-state index is 12.1. The zero-order valence-corrected chi connectivity index (χ0v) is 10.0. The van der Waals surface area contributed by atoms with Crippen molar-refractivity contribution in [1.82, 2.24) is 29.9 Å². The van der Waals surface area contributed by atoms with Crippen LogP contribution in [0.2, 0.25) is 0 Å². The maximum Gasteiger partial charge on any atom is 0.257 e. The molecule has 2 heterocycles. The quantitative estimate of drug-likeness (QED) is 0.818. The third-order valence-corrected chi connectivity index (χ3v) is 2.44. The average Bonchev–Trinajstić information content (AvgIpc) is 2.87. The largest absolute Gasteiger partial charge is 0.334 e. The van der Waals surface area contributed by atoms with Crippen molar-refractivity contribution < 1.29 is 4.79 Å². The van der Waals surface area contributed by atoms with Crippen molar-refractivity contribution in [2.45, 2.75) is 13.5 Å². The van der Waals surface area contributed by atoms with E-state index in [1.807, 2.05) is 6.92 Å². The van der Waals surface area contributed by atoms with E-state index in [4.69, 9.17) is 0 Å². The molecule has 0 atom stereocenters. The van der Waals surface area contributed by atoms with Gasteiger partial charge in [-0.2, -0.15) is 10.2 Å². The lowest BCUT2D eigenvalue weighted by Gasteiger charge is -2.14. The fourth-order valence-electron chi connectivity index (χ4n) is 1.62. The first kappa shape index (κ1) is 11.3. The predicted molar refractivity (Wildman–Crippen MR) is 60.1 cm³/mol. The minimum atomic E-state index is -0.0769. The van der Waals surface area contributed by atoms with Gasteiger partial charge in [0.05, 0.1) is 17.8 Å². The monoisotopic (exact) mass is 234 g/mol. The van der Waals surface area contributed by atoms with Crippen molar-refractivity contribution >= 4 is 5.91 Å². The topological polar surface area (TPSA) is 79.7 Å². The highest BCUT2D eigenvalue weighted by atomic mass is 16.2. The fraction of sp³-hybridized carbons (Fsp3) is 0.400. The van der Waals surface area contributed by atoms with E-state index in [9.17, 15) is 4.79 Å². The van der Waals surface area contributed by atoms with Crippen molar-refractivity contribution in [2.75, 3.05) is 7.05 Å².